The van der Waals surface area contributed by atoms with Crippen LogP contribution in [0.25, 0.3) is 0 Å². The van der Waals surface area contributed by atoms with Crippen molar-refractivity contribution in [3.05, 3.63) is 11.6 Å². The van der Waals surface area contributed by atoms with E-state index in [0.717, 1.165) is 12.8 Å². The molecule has 0 saturated carbocycles. The first-order valence-corrected chi connectivity index (χ1v) is 6.66. The summed E-state index contributed by atoms with van der Waals surface area (Å²) in [5, 5.41) is 18.3. The van der Waals surface area contributed by atoms with Crippen LogP contribution in [-0.4, -0.2) is 22.3 Å². The third kappa shape index (κ3) is 10.1. The summed E-state index contributed by atoms with van der Waals surface area (Å²) in [6.45, 7) is 3.75. The predicted molar refractivity (Wildman–Crippen MR) is 70.0 cm³/mol. The van der Waals surface area contributed by atoms with Gasteiger partial charge in [-0.2, -0.15) is 0 Å². The second-order valence-corrected chi connectivity index (χ2v) is 4.64. The Labute approximate surface area is 105 Å². The molecule has 0 spiro atoms. The van der Waals surface area contributed by atoms with Gasteiger partial charge in [-0.15, -0.1) is 0 Å². The summed E-state index contributed by atoms with van der Waals surface area (Å²) in [5.74, 6) is -0.906. The van der Waals surface area contributed by atoms with E-state index >= 15 is 0 Å². The molecule has 3 nitrogen and oxygen atoms in total. The van der Waals surface area contributed by atoms with Gasteiger partial charge in [-0.3, -0.25) is 0 Å². The first-order chi connectivity index (χ1) is 8.07. The lowest BCUT2D eigenvalue weighted by Crippen LogP contribution is -2.06. The van der Waals surface area contributed by atoms with Gasteiger partial charge in [0, 0.05) is 5.57 Å². The second kappa shape index (κ2) is 10.3. The summed E-state index contributed by atoms with van der Waals surface area (Å²) in [6.07, 6.45) is 9.70. The van der Waals surface area contributed by atoms with E-state index in [2.05, 4.69) is 6.92 Å². The SMILES string of the molecule is CCCCCCCCC(O)CC=C(C)C(=O)O. The number of hydrogen-bond acceptors (Lipinski definition) is 2. The Balaban J connectivity index is 3.50. The number of rotatable bonds is 10. The van der Waals surface area contributed by atoms with Crippen LogP contribution >= 0.6 is 0 Å². The molecule has 1 atom stereocenters. The number of aliphatic hydroxyl groups is 1. The summed E-state index contributed by atoms with van der Waals surface area (Å²) in [7, 11) is 0. The number of carboxylic acids is 1. The molecule has 0 fully saturated rings. The smallest absolute Gasteiger partial charge is 0.330 e. The van der Waals surface area contributed by atoms with Crippen LogP contribution in [0.3, 0.4) is 0 Å². The van der Waals surface area contributed by atoms with E-state index in [0.29, 0.717) is 12.0 Å². The van der Waals surface area contributed by atoms with E-state index in [1.807, 2.05) is 0 Å². The molecule has 0 rings (SSSR count). The van der Waals surface area contributed by atoms with Crippen molar-refractivity contribution in [3.8, 4) is 0 Å². The van der Waals surface area contributed by atoms with E-state index in [-0.39, 0.29) is 0 Å². The van der Waals surface area contributed by atoms with Crippen LogP contribution in [0.15, 0.2) is 11.6 Å². The van der Waals surface area contributed by atoms with Crippen molar-refractivity contribution in [1.82, 2.24) is 0 Å². The minimum atomic E-state index is -0.906. The molecule has 0 aromatic carbocycles. The fourth-order valence-corrected chi connectivity index (χ4v) is 1.68. The number of carbonyl (C=O) groups is 1. The van der Waals surface area contributed by atoms with Gasteiger partial charge in [0.1, 0.15) is 0 Å². The summed E-state index contributed by atoms with van der Waals surface area (Å²) in [6, 6.07) is 0. The van der Waals surface area contributed by atoms with Gasteiger partial charge in [0.25, 0.3) is 0 Å². The highest BCUT2D eigenvalue weighted by Crippen LogP contribution is 2.11. The molecule has 0 saturated heterocycles. The number of hydrogen-bond donors (Lipinski definition) is 2. The summed E-state index contributed by atoms with van der Waals surface area (Å²) < 4.78 is 0. The zero-order valence-electron chi connectivity index (χ0n) is 11.1. The minimum Gasteiger partial charge on any atom is -0.478 e. The molecule has 1 unspecified atom stereocenters. The van der Waals surface area contributed by atoms with Crippen molar-refractivity contribution in [1.29, 1.82) is 0 Å². The highest BCUT2D eigenvalue weighted by molar-refractivity contribution is 5.85. The van der Waals surface area contributed by atoms with Crippen LogP contribution in [0, 0.1) is 0 Å². The van der Waals surface area contributed by atoms with Gasteiger partial charge < -0.3 is 10.2 Å². The molecule has 0 aliphatic heterocycles. The minimum absolute atomic E-state index is 0.312. The number of aliphatic hydroxyl groups excluding tert-OH is 1. The third-order valence-corrected chi connectivity index (χ3v) is 2.92. The standard InChI is InChI=1S/C14H26O3/c1-3-4-5-6-7-8-9-13(15)11-10-12(2)14(16)17/h10,13,15H,3-9,11H2,1-2H3,(H,16,17). The quantitative estimate of drug-likeness (QED) is 0.455. The van der Waals surface area contributed by atoms with Crippen molar-refractivity contribution in [2.75, 3.05) is 0 Å². The Morgan fingerprint density at radius 3 is 2.35 bits per heavy atom. The van der Waals surface area contributed by atoms with Gasteiger partial charge in [-0.05, 0) is 19.8 Å². The average Bonchev–Trinajstić information content (AvgIpc) is 2.30. The monoisotopic (exact) mass is 242 g/mol. The van der Waals surface area contributed by atoms with Gasteiger partial charge in [0.2, 0.25) is 0 Å². The van der Waals surface area contributed by atoms with E-state index in [1.54, 1.807) is 13.0 Å². The van der Waals surface area contributed by atoms with Gasteiger partial charge in [-0.1, -0.05) is 51.5 Å². The molecule has 0 bridgehead atoms. The van der Waals surface area contributed by atoms with Crippen molar-refractivity contribution >= 4 is 5.97 Å². The molecule has 0 amide bonds. The van der Waals surface area contributed by atoms with Gasteiger partial charge >= 0.3 is 5.97 Å². The van der Waals surface area contributed by atoms with E-state index < -0.39 is 12.1 Å². The Kier molecular flexibility index (Phi) is 9.83. The van der Waals surface area contributed by atoms with Gasteiger partial charge in [0.15, 0.2) is 0 Å². The van der Waals surface area contributed by atoms with Crippen molar-refractivity contribution < 1.29 is 15.0 Å². The molecule has 100 valence electrons. The maximum Gasteiger partial charge on any atom is 0.330 e. The van der Waals surface area contributed by atoms with Crippen molar-refractivity contribution in [2.45, 2.75) is 71.3 Å². The van der Waals surface area contributed by atoms with Crippen LogP contribution < -0.4 is 0 Å². The molecule has 0 aliphatic carbocycles. The average molecular weight is 242 g/mol. The van der Waals surface area contributed by atoms with E-state index in [1.165, 1.54) is 32.1 Å². The first-order valence-electron chi connectivity index (χ1n) is 6.66. The lowest BCUT2D eigenvalue weighted by molar-refractivity contribution is -0.132. The lowest BCUT2D eigenvalue weighted by Gasteiger charge is -2.07. The van der Waals surface area contributed by atoms with Gasteiger partial charge in [0.05, 0.1) is 6.10 Å². The third-order valence-electron chi connectivity index (χ3n) is 2.92. The molecule has 0 heterocycles. The molecule has 0 aliphatic rings. The number of carboxylic acid groups (broad SMARTS) is 1. The van der Waals surface area contributed by atoms with E-state index in [9.17, 15) is 9.90 Å². The Bertz CT molecular complexity index is 234. The van der Waals surface area contributed by atoms with Crippen LogP contribution in [0.5, 0.6) is 0 Å². The summed E-state index contributed by atoms with van der Waals surface area (Å²) in [4.78, 5) is 10.5. The molecule has 0 aromatic rings. The number of unbranched alkanes of at least 4 members (excludes halogenated alkanes) is 5. The van der Waals surface area contributed by atoms with Crippen LogP contribution in [0.1, 0.15) is 65.2 Å². The summed E-state index contributed by atoms with van der Waals surface area (Å²) >= 11 is 0. The van der Waals surface area contributed by atoms with E-state index in [4.69, 9.17) is 5.11 Å². The number of aliphatic carboxylic acids is 1. The molecular weight excluding hydrogens is 216 g/mol. The van der Waals surface area contributed by atoms with Crippen LogP contribution in [-0.2, 0) is 4.79 Å². The highest BCUT2D eigenvalue weighted by atomic mass is 16.4. The lowest BCUT2D eigenvalue weighted by atomic mass is 10.0. The Hall–Kier alpha value is -0.830. The topological polar surface area (TPSA) is 57.5 Å². The zero-order chi connectivity index (χ0) is 13.1. The molecule has 0 aromatic heterocycles. The molecule has 0 radical (unpaired) electrons. The fraction of sp³-hybridized carbons (Fsp3) is 0.786. The highest BCUT2D eigenvalue weighted by Gasteiger charge is 2.04. The molecule has 17 heavy (non-hydrogen) atoms. The Morgan fingerprint density at radius 1 is 1.18 bits per heavy atom. The Morgan fingerprint density at radius 2 is 1.76 bits per heavy atom. The second-order valence-electron chi connectivity index (χ2n) is 4.64. The fourth-order valence-electron chi connectivity index (χ4n) is 1.68. The predicted octanol–water partition coefficient (Wildman–Crippen LogP) is 3.52. The maximum atomic E-state index is 10.5. The largest absolute Gasteiger partial charge is 0.478 e. The normalized spacial score (nSPS) is 13.7. The van der Waals surface area contributed by atoms with Crippen molar-refractivity contribution in [2.24, 2.45) is 0 Å². The molecule has 3 heteroatoms. The van der Waals surface area contributed by atoms with Crippen molar-refractivity contribution in [3.63, 3.8) is 0 Å². The zero-order valence-corrected chi connectivity index (χ0v) is 11.1. The first kappa shape index (κ1) is 16.2. The maximum absolute atomic E-state index is 10.5. The van der Waals surface area contributed by atoms with Gasteiger partial charge in [-0.25, -0.2) is 4.79 Å². The van der Waals surface area contributed by atoms with Crippen LogP contribution in [0.4, 0.5) is 0 Å². The van der Waals surface area contributed by atoms with Crippen LogP contribution in [0.2, 0.25) is 0 Å². The molecule has 2 N–H and O–H groups in total. The molecular formula is C14H26O3. The summed E-state index contributed by atoms with van der Waals surface area (Å²) in [5.41, 5.74) is 0.312.